The van der Waals surface area contributed by atoms with Crippen LogP contribution in [-0.4, -0.2) is 0 Å². The predicted molar refractivity (Wildman–Crippen MR) is 69.1 cm³/mol. The molecule has 0 fully saturated rings. The number of anilines is 1. The largest absolute Gasteiger partial charge is 0.401 e. The van der Waals surface area contributed by atoms with Gasteiger partial charge < -0.3 is 11.5 Å². The van der Waals surface area contributed by atoms with Gasteiger partial charge in [0.15, 0.2) is 0 Å². The summed E-state index contributed by atoms with van der Waals surface area (Å²) in [6.45, 7) is 0. The number of fused-ring (bicyclic) bond motifs is 1. The Labute approximate surface area is 96.8 Å². The number of rotatable bonds is 1. The van der Waals surface area contributed by atoms with E-state index >= 15 is 0 Å². The third kappa shape index (κ3) is 1.61. The first-order chi connectivity index (χ1) is 6.72. The molecule has 0 amide bonds. The minimum atomic E-state index is 0.822. The van der Waals surface area contributed by atoms with Crippen LogP contribution in [0.2, 0.25) is 0 Å². The first kappa shape index (κ1) is 9.83. The van der Waals surface area contributed by atoms with Crippen LogP contribution in [0.3, 0.4) is 0 Å². The standard InChI is InChI=1S/C11H13IN2/c12-6-7-4-8-2-1-3-9(13)11(8)10(14)5-7/h2,4-5H,1,3,6,13-14H2. The number of nitrogen functional groups attached to an aromatic ring is 1. The van der Waals surface area contributed by atoms with E-state index in [1.165, 1.54) is 10.8 Å². The second-order valence-corrected chi connectivity index (χ2v) is 4.31. The highest BCUT2D eigenvalue weighted by Crippen LogP contribution is 2.08. The first-order valence-electron chi connectivity index (χ1n) is 4.65. The summed E-state index contributed by atoms with van der Waals surface area (Å²) in [6.07, 6.45) is 4.18. The highest BCUT2D eigenvalue weighted by Gasteiger charge is 2.04. The van der Waals surface area contributed by atoms with Crippen LogP contribution in [0.1, 0.15) is 18.4 Å². The van der Waals surface area contributed by atoms with Crippen LogP contribution < -0.4 is 21.9 Å². The molecule has 1 aromatic rings. The van der Waals surface area contributed by atoms with Gasteiger partial charge in [0.1, 0.15) is 0 Å². The summed E-state index contributed by atoms with van der Waals surface area (Å²) in [7, 11) is 0. The molecule has 0 heterocycles. The Morgan fingerprint density at radius 1 is 1.29 bits per heavy atom. The van der Waals surface area contributed by atoms with E-state index < -0.39 is 0 Å². The normalized spacial score (nSPS) is 14.8. The van der Waals surface area contributed by atoms with Crippen LogP contribution in [0.25, 0.3) is 11.8 Å². The van der Waals surface area contributed by atoms with Crippen molar-refractivity contribution in [3.63, 3.8) is 0 Å². The number of nitrogens with two attached hydrogens (primary N) is 2. The monoisotopic (exact) mass is 300 g/mol. The topological polar surface area (TPSA) is 52.0 Å². The van der Waals surface area contributed by atoms with Gasteiger partial charge in [0.2, 0.25) is 0 Å². The summed E-state index contributed by atoms with van der Waals surface area (Å²) >= 11 is 2.34. The summed E-state index contributed by atoms with van der Waals surface area (Å²) in [5.41, 5.74) is 15.0. The van der Waals surface area contributed by atoms with Gasteiger partial charge >= 0.3 is 0 Å². The molecule has 2 rings (SSSR count). The van der Waals surface area contributed by atoms with Gasteiger partial charge in [-0.15, -0.1) is 0 Å². The van der Waals surface area contributed by atoms with Gasteiger partial charge in [-0.25, -0.2) is 0 Å². The van der Waals surface area contributed by atoms with E-state index in [0.717, 1.165) is 33.9 Å². The number of benzene rings is 1. The van der Waals surface area contributed by atoms with Crippen LogP contribution in [-0.2, 0) is 4.43 Å². The Morgan fingerprint density at radius 3 is 2.79 bits per heavy atom. The van der Waals surface area contributed by atoms with Gasteiger partial charge in [-0.3, -0.25) is 0 Å². The molecular formula is C11H13IN2. The zero-order valence-corrected chi connectivity index (χ0v) is 10.0. The minimum absolute atomic E-state index is 0.822. The summed E-state index contributed by atoms with van der Waals surface area (Å²) in [5, 5.41) is 2.27. The van der Waals surface area contributed by atoms with Crippen molar-refractivity contribution < 1.29 is 0 Å². The van der Waals surface area contributed by atoms with Crippen molar-refractivity contribution in [1.29, 1.82) is 0 Å². The molecule has 0 unspecified atom stereocenters. The van der Waals surface area contributed by atoms with Crippen molar-refractivity contribution in [2.75, 3.05) is 5.73 Å². The maximum atomic E-state index is 5.98. The van der Waals surface area contributed by atoms with E-state index in [-0.39, 0.29) is 0 Å². The maximum Gasteiger partial charge on any atom is 0.0414 e. The Bertz CT molecular complexity index is 477. The fraction of sp³-hybridized carbons (Fsp3) is 0.273. The lowest BCUT2D eigenvalue weighted by Gasteiger charge is -2.09. The van der Waals surface area contributed by atoms with Gasteiger partial charge in [0.25, 0.3) is 0 Å². The molecule has 4 N–H and O–H groups in total. The Hall–Kier alpha value is -0.710. The first-order valence-corrected chi connectivity index (χ1v) is 6.18. The molecule has 0 saturated carbocycles. The third-order valence-corrected chi connectivity index (χ3v) is 3.39. The predicted octanol–water partition coefficient (Wildman–Crippen LogP) is 0.845. The van der Waals surface area contributed by atoms with Gasteiger partial charge in [-0.2, -0.15) is 0 Å². The van der Waals surface area contributed by atoms with Crippen molar-refractivity contribution in [1.82, 2.24) is 0 Å². The molecule has 0 saturated heterocycles. The molecule has 1 aromatic carbocycles. The third-order valence-electron chi connectivity index (χ3n) is 2.51. The molecular weight excluding hydrogens is 287 g/mol. The molecule has 3 heteroatoms. The van der Waals surface area contributed by atoms with Crippen LogP contribution in [0.5, 0.6) is 0 Å². The molecule has 2 nitrogen and oxygen atoms in total. The zero-order chi connectivity index (χ0) is 10.1. The summed E-state index contributed by atoms with van der Waals surface area (Å²) in [4.78, 5) is 0. The average Bonchev–Trinajstić information content (AvgIpc) is 2.17. The lowest BCUT2D eigenvalue weighted by atomic mass is 10.0. The van der Waals surface area contributed by atoms with Crippen molar-refractivity contribution in [3.8, 4) is 0 Å². The van der Waals surface area contributed by atoms with Crippen LogP contribution in [0.4, 0.5) is 5.69 Å². The van der Waals surface area contributed by atoms with Gasteiger partial charge in [0, 0.05) is 21.0 Å². The molecule has 0 aromatic heterocycles. The van der Waals surface area contributed by atoms with Gasteiger partial charge in [-0.1, -0.05) is 34.7 Å². The second-order valence-electron chi connectivity index (χ2n) is 3.55. The van der Waals surface area contributed by atoms with E-state index in [1.54, 1.807) is 0 Å². The van der Waals surface area contributed by atoms with Crippen molar-refractivity contribution in [2.45, 2.75) is 17.3 Å². The van der Waals surface area contributed by atoms with E-state index in [0.29, 0.717) is 0 Å². The molecule has 0 spiro atoms. The molecule has 0 bridgehead atoms. The number of hydrogen-bond acceptors (Lipinski definition) is 2. The van der Waals surface area contributed by atoms with Gasteiger partial charge in [-0.05, 0) is 29.7 Å². The zero-order valence-electron chi connectivity index (χ0n) is 7.89. The highest BCUT2D eigenvalue weighted by atomic mass is 127. The summed E-state index contributed by atoms with van der Waals surface area (Å²) in [5.74, 6) is 0. The van der Waals surface area contributed by atoms with Crippen molar-refractivity contribution in [2.24, 2.45) is 5.73 Å². The number of hydrogen-bond donors (Lipinski definition) is 2. The molecule has 0 aliphatic heterocycles. The quantitative estimate of drug-likeness (QED) is 0.459. The van der Waals surface area contributed by atoms with Gasteiger partial charge in [0.05, 0.1) is 0 Å². The van der Waals surface area contributed by atoms with Crippen molar-refractivity contribution in [3.05, 3.63) is 28.1 Å². The smallest absolute Gasteiger partial charge is 0.0414 e. The number of alkyl halides is 1. The van der Waals surface area contributed by atoms with E-state index in [9.17, 15) is 0 Å². The Balaban J connectivity index is 2.83. The van der Waals surface area contributed by atoms with E-state index in [1.807, 2.05) is 6.07 Å². The summed E-state index contributed by atoms with van der Waals surface area (Å²) in [6, 6.07) is 4.21. The molecule has 1 aliphatic carbocycles. The lowest BCUT2D eigenvalue weighted by molar-refractivity contribution is 1.05. The van der Waals surface area contributed by atoms with Crippen LogP contribution >= 0.6 is 22.6 Å². The summed E-state index contributed by atoms with van der Waals surface area (Å²) < 4.78 is 0.989. The molecule has 0 radical (unpaired) electrons. The van der Waals surface area contributed by atoms with E-state index in [2.05, 4.69) is 34.7 Å². The Morgan fingerprint density at radius 2 is 2.07 bits per heavy atom. The lowest BCUT2D eigenvalue weighted by Crippen LogP contribution is -2.35. The average molecular weight is 300 g/mol. The second kappa shape index (κ2) is 3.81. The molecule has 0 atom stereocenters. The fourth-order valence-corrected chi connectivity index (χ4v) is 2.31. The van der Waals surface area contributed by atoms with E-state index in [4.69, 9.17) is 11.5 Å². The molecule has 74 valence electrons. The highest BCUT2D eigenvalue weighted by molar-refractivity contribution is 14.1. The number of halogens is 1. The Kier molecular flexibility index (Phi) is 2.67. The minimum Gasteiger partial charge on any atom is -0.401 e. The van der Waals surface area contributed by atoms with Crippen LogP contribution in [0.15, 0.2) is 12.1 Å². The molecule has 1 aliphatic rings. The van der Waals surface area contributed by atoms with Crippen LogP contribution in [0, 0.1) is 0 Å². The molecule has 14 heavy (non-hydrogen) atoms. The van der Waals surface area contributed by atoms with Crippen molar-refractivity contribution >= 4 is 40.1 Å². The fourth-order valence-electron chi connectivity index (χ4n) is 1.87. The maximum absolute atomic E-state index is 5.98. The SMILES string of the molecule is NC1=c2c(N)cc(CI)cc2=CCC1.